The van der Waals surface area contributed by atoms with Gasteiger partial charge >= 0.3 is 0 Å². The molecule has 0 spiro atoms. The Morgan fingerprint density at radius 1 is 1.35 bits per heavy atom. The van der Waals surface area contributed by atoms with Crippen LogP contribution in [0, 0.1) is 6.92 Å². The second-order valence-corrected chi connectivity index (χ2v) is 8.67. The van der Waals surface area contributed by atoms with Crippen molar-refractivity contribution in [3.63, 3.8) is 0 Å². The molecule has 1 aromatic heterocycles. The van der Waals surface area contributed by atoms with E-state index >= 15 is 0 Å². The third-order valence-corrected chi connectivity index (χ3v) is 6.07. The van der Waals surface area contributed by atoms with Gasteiger partial charge in [-0.1, -0.05) is 17.4 Å². The van der Waals surface area contributed by atoms with Crippen LogP contribution in [0.5, 0.6) is 5.75 Å². The van der Waals surface area contributed by atoms with E-state index in [4.69, 9.17) is 9.72 Å². The van der Waals surface area contributed by atoms with Crippen LogP contribution in [-0.2, 0) is 10.0 Å². The Balaban J connectivity index is 1.79. The summed E-state index contributed by atoms with van der Waals surface area (Å²) in [5, 5.41) is 0.977. The summed E-state index contributed by atoms with van der Waals surface area (Å²) in [7, 11) is -1.48. The Kier molecular flexibility index (Phi) is 4.48. The predicted octanol–water partition coefficient (Wildman–Crippen LogP) is 2.13. The van der Waals surface area contributed by atoms with E-state index in [1.54, 1.807) is 18.4 Å². The molecule has 1 aliphatic rings. The molecule has 1 saturated heterocycles. The van der Waals surface area contributed by atoms with Crippen LogP contribution in [0.1, 0.15) is 18.4 Å². The Hall–Kier alpha value is -1.38. The van der Waals surface area contributed by atoms with Crippen LogP contribution in [-0.4, -0.2) is 45.9 Å². The number of hydrogen-bond donors (Lipinski definition) is 1. The van der Waals surface area contributed by atoms with Crippen LogP contribution in [0.2, 0.25) is 0 Å². The van der Waals surface area contributed by atoms with E-state index in [9.17, 15) is 8.42 Å². The number of methoxy groups -OCH3 is 1. The maximum absolute atomic E-state index is 11.3. The smallest absolute Gasteiger partial charge is 0.208 e. The Morgan fingerprint density at radius 2 is 2.04 bits per heavy atom. The maximum Gasteiger partial charge on any atom is 0.208 e. The molecular weight excluding hydrogens is 334 g/mol. The van der Waals surface area contributed by atoms with E-state index in [0.29, 0.717) is 0 Å². The molecule has 1 aromatic carbocycles. The van der Waals surface area contributed by atoms with Crippen molar-refractivity contribution < 1.29 is 13.2 Å². The molecule has 0 aliphatic carbocycles. The summed E-state index contributed by atoms with van der Waals surface area (Å²) >= 11 is 1.67. The molecule has 0 unspecified atom stereocenters. The summed E-state index contributed by atoms with van der Waals surface area (Å²) in [5.74, 6) is 0.793. The molecule has 0 bridgehead atoms. The van der Waals surface area contributed by atoms with Gasteiger partial charge < -0.3 is 9.64 Å². The minimum absolute atomic E-state index is 0.0203. The minimum atomic E-state index is -3.14. The number of ether oxygens (including phenoxy) is 1. The quantitative estimate of drug-likeness (QED) is 0.910. The summed E-state index contributed by atoms with van der Waals surface area (Å²) in [6.07, 6.45) is 2.79. The third-order valence-electron chi connectivity index (χ3n) is 4.06. The van der Waals surface area contributed by atoms with Crippen molar-refractivity contribution in [2.75, 3.05) is 31.4 Å². The highest BCUT2D eigenvalue weighted by molar-refractivity contribution is 7.88. The molecule has 2 heterocycles. The Bertz CT molecular complexity index is 809. The predicted molar refractivity (Wildman–Crippen MR) is 94.1 cm³/mol. The SMILES string of the molecule is COc1ccc(C)c2sc(N3CCC(NS(C)(=O)=O)CC3)nc12. The van der Waals surface area contributed by atoms with E-state index in [1.807, 2.05) is 12.1 Å². The lowest BCUT2D eigenvalue weighted by Gasteiger charge is -2.31. The molecule has 0 radical (unpaired) electrons. The molecule has 23 heavy (non-hydrogen) atoms. The number of fused-ring (bicyclic) bond motifs is 1. The molecule has 8 heteroatoms. The van der Waals surface area contributed by atoms with E-state index < -0.39 is 10.0 Å². The van der Waals surface area contributed by atoms with Crippen LogP contribution in [0.25, 0.3) is 10.2 Å². The number of aromatic nitrogens is 1. The average Bonchev–Trinajstić information content (AvgIpc) is 2.93. The monoisotopic (exact) mass is 355 g/mol. The normalized spacial score (nSPS) is 16.9. The van der Waals surface area contributed by atoms with Crippen molar-refractivity contribution in [1.82, 2.24) is 9.71 Å². The summed E-state index contributed by atoms with van der Waals surface area (Å²) < 4.78 is 31.9. The standard InChI is InChI=1S/C15H21N3O3S2/c1-10-4-5-12(21-2)13-14(10)22-15(16-13)18-8-6-11(7-9-18)17-23(3,19)20/h4-5,11,17H,6-9H2,1-3H3. The number of rotatable bonds is 4. The van der Waals surface area contributed by atoms with E-state index in [-0.39, 0.29) is 6.04 Å². The molecule has 0 saturated carbocycles. The van der Waals surface area contributed by atoms with E-state index in [2.05, 4.69) is 16.5 Å². The van der Waals surface area contributed by atoms with Crippen molar-refractivity contribution in [2.45, 2.75) is 25.8 Å². The highest BCUT2D eigenvalue weighted by Crippen LogP contribution is 2.37. The van der Waals surface area contributed by atoms with Crippen molar-refractivity contribution >= 4 is 36.7 Å². The van der Waals surface area contributed by atoms with Crippen molar-refractivity contribution in [1.29, 1.82) is 0 Å². The zero-order chi connectivity index (χ0) is 16.6. The highest BCUT2D eigenvalue weighted by Gasteiger charge is 2.24. The van der Waals surface area contributed by atoms with Gasteiger partial charge in [0, 0.05) is 19.1 Å². The number of nitrogens with zero attached hydrogens (tertiary/aromatic N) is 2. The first kappa shape index (κ1) is 16.5. The van der Waals surface area contributed by atoms with Crippen LogP contribution < -0.4 is 14.4 Å². The first-order chi connectivity index (χ1) is 10.9. The fourth-order valence-electron chi connectivity index (χ4n) is 2.89. The molecule has 0 atom stereocenters. The zero-order valence-corrected chi connectivity index (χ0v) is 15.1. The summed E-state index contributed by atoms with van der Waals surface area (Å²) in [5.41, 5.74) is 2.10. The number of nitrogens with one attached hydrogen (secondary N) is 1. The molecule has 2 aromatic rings. The lowest BCUT2D eigenvalue weighted by atomic mass is 10.1. The van der Waals surface area contributed by atoms with Crippen molar-refractivity contribution in [2.24, 2.45) is 0 Å². The number of sulfonamides is 1. The number of benzene rings is 1. The summed E-state index contributed by atoms with van der Waals surface area (Å²) in [6, 6.07) is 4.02. The number of aryl methyl sites for hydroxylation is 1. The fraction of sp³-hybridized carbons (Fsp3) is 0.533. The van der Waals surface area contributed by atoms with Gasteiger partial charge in [-0.15, -0.1) is 0 Å². The van der Waals surface area contributed by atoms with Crippen LogP contribution in [0.3, 0.4) is 0 Å². The van der Waals surface area contributed by atoms with Gasteiger partial charge in [-0.05, 0) is 31.4 Å². The second-order valence-electron chi connectivity index (χ2n) is 5.91. The molecule has 1 N–H and O–H groups in total. The van der Waals surface area contributed by atoms with Gasteiger partial charge in [0.25, 0.3) is 0 Å². The van der Waals surface area contributed by atoms with Gasteiger partial charge in [-0.2, -0.15) is 0 Å². The lowest BCUT2D eigenvalue weighted by molar-refractivity contribution is 0.419. The number of anilines is 1. The topological polar surface area (TPSA) is 71.5 Å². The molecule has 6 nitrogen and oxygen atoms in total. The average molecular weight is 355 g/mol. The zero-order valence-electron chi connectivity index (χ0n) is 13.5. The molecule has 0 amide bonds. The fourth-order valence-corrected chi connectivity index (χ4v) is 4.83. The molecular formula is C15H21N3O3S2. The second kappa shape index (κ2) is 6.26. The van der Waals surface area contributed by atoms with Crippen molar-refractivity contribution in [3.8, 4) is 5.75 Å². The summed E-state index contributed by atoms with van der Waals surface area (Å²) in [4.78, 5) is 6.97. The first-order valence-electron chi connectivity index (χ1n) is 7.54. The minimum Gasteiger partial charge on any atom is -0.494 e. The van der Waals surface area contributed by atoms with E-state index in [0.717, 1.165) is 47.0 Å². The van der Waals surface area contributed by atoms with Gasteiger partial charge in [-0.3, -0.25) is 0 Å². The Morgan fingerprint density at radius 3 is 2.65 bits per heavy atom. The lowest BCUT2D eigenvalue weighted by Crippen LogP contribution is -2.44. The first-order valence-corrected chi connectivity index (χ1v) is 10.2. The molecule has 126 valence electrons. The third kappa shape index (κ3) is 3.59. The van der Waals surface area contributed by atoms with Crippen LogP contribution in [0.4, 0.5) is 5.13 Å². The van der Waals surface area contributed by atoms with Crippen LogP contribution >= 0.6 is 11.3 Å². The van der Waals surface area contributed by atoms with Crippen LogP contribution in [0.15, 0.2) is 12.1 Å². The maximum atomic E-state index is 11.3. The molecule has 3 rings (SSSR count). The van der Waals surface area contributed by atoms with Gasteiger partial charge in [0.2, 0.25) is 10.0 Å². The van der Waals surface area contributed by atoms with Gasteiger partial charge in [0.15, 0.2) is 5.13 Å². The number of thiazole rings is 1. The summed E-state index contributed by atoms with van der Waals surface area (Å²) in [6.45, 7) is 3.68. The molecule has 1 fully saturated rings. The van der Waals surface area contributed by atoms with Crippen molar-refractivity contribution in [3.05, 3.63) is 17.7 Å². The Labute approximate surface area is 140 Å². The highest BCUT2D eigenvalue weighted by atomic mass is 32.2. The van der Waals surface area contributed by atoms with E-state index in [1.165, 1.54) is 11.8 Å². The van der Waals surface area contributed by atoms with Gasteiger partial charge in [-0.25, -0.2) is 18.1 Å². The van der Waals surface area contributed by atoms with Gasteiger partial charge in [0.1, 0.15) is 11.3 Å². The van der Waals surface area contributed by atoms with Gasteiger partial charge in [0.05, 0.1) is 18.1 Å². The molecule has 1 aliphatic heterocycles. The number of piperidine rings is 1. The number of hydrogen-bond acceptors (Lipinski definition) is 6. The largest absolute Gasteiger partial charge is 0.494 e.